The Morgan fingerprint density at radius 1 is 1.17 bits per heavy atom. The first kappa shape index (κ1) is 14.2. The third kappa shape index (κ3) is 1.64. The maximum Gasteiger partial charge on any atom is 0.184 e. The highest BCUT2D eigenvalue weighted by atomic mass is 16.5. The van der Waals surface area contributed by atoms with Crippen LogP contribution in [0.15, 0.2) is 23.8 Å². The van der Waals surface area contributed by atoms with Crippen molar-refractivity contribution in [1.82, 2.24) is 0 Å². The molecule has 1 aliphatic heterocycles. The highest BCUT2D eigenvalue weighted by Crippen LogP contribution is 2.64. The molecule has 1 heterocycles. The summed E-state index contributed by atoms with van der Waals surface area (Å²) >= 11 is 0. The molecule has 23 heavy (non-hydrogen) atoms. The smallest absolute Gasteiger partial charge is 0.184 e. The SMILES string of the molecule is C[C@]12CC[C@H]3[C@@H](C=CC4=CC(=O)C5C[C@@]43CCO5)[C@@H]1CCC2=O. The number of hydrogen-bond acceptors (Lipinski definition) is 3. The van der Waals surface area contributed by atoms with Crippen LogP contribution < -0.4 is 0 Å². The van der Waals surface area contributed by atoms with Crippen molar-refractivity contribution in [2.24, 2.45) is 28.6 Å². The number of carbonyl (C=O) groups excluding carboxylic acids is 2. The molecule has 0 radical (unpaired) electrons. The molecular formula is C20H24O3. The average molecular weight is 312 g/mol. The van der Waals surface area contributed by atoms with E-state index < -0.39 is 0 Å². The number of ketones is 2. The van der Waals surface area contributed by atoms with E-state index in [2.05, 4.69) is 19.1 Å². The van der Waals surface area contributed by atoms with Crippen molar-refractivity contribution in [3.63, 3.8) is 0 Å². The van der Waals surface area contributed by atoms with E-state index in [0.717, 1.165) is 38.5 Å². The Hall–Kier alpha value is -1.22. The molecule has 122 valence electrons. The standard InChI is InChI=1S/C20H24O3/c1-19-7-6-15-13(14(19)4-5-18(19)22)3-2-12-10-16(21)17-11-20(12,15)8-9-23-17/h2-3,10,13-15,17H,4-9,11H2,1H3/t13-,14-,15-,17?,19-,20-/m0/s1. The first-order chi connectivity index (χ1) is 11.0. The highest BCUT2D eigenvalue weighted by molar-refractivity contribution is 5.96. The van der Waals surface area contributed by atoms with Crippen molar-refractivity contribution in [1.29, 1.82) is 0 Å². The maximum absolute atomic E-state index is 12.4. The van der Waals surface area contributed by atoms with Gasteiger partial charge in [0.05, 0.1) is 0 Å². The second-order valence-corrected chi connectivity index (χ2v) is 8.54. The van der Waals surface area contributed by atoms with Crippen molar-refractivity contribution in [2.45, 2.75) is 51.6 Å². The van der Waals surface area contributed by atoms with Gasteiger partial charge in [0.2, 0.25) is 0 Å². The Bertz CT molecular complexity index is 660. The summed E-state index contributed by atoms with van der Waals surface area (Å²) in [6, 6.07) is 0. The van der Waals surface area contributed by atoms with E-state index in [4.69, 9.17) is 4.74 Å². The fourth-order valence-electron chi connectivity index (χ4n) is 6.57. The zero-order valence-corrected chi connectivity index (χ0v) is 13.7. The van der Waals surface area contributed by atoms with Gasteiger partial charge in [0.1, 0.15) is 11.9 Å². The van der Waals surface area contributed by atoms with E-state index in [0.29, 0.717) is 30.1 Å². The van der Waals surface area contributed by atoms with Gasteiger partial charge in [0, 0.05) is 23.9 Å². The van der Waals surface area contributed by atoms with Gasteiger partial charge in [0.25, 0.3) is 0 Å². The topological polar surface area (TPSA) is 43.4 Å². The number of rotatable bonds is 0. The van der Waals surface area contributed by atoms with Crippen molar-refractivity contribution in [2.75, 3.05) is 6.61 Å². The molecule has 1 unspecified atom stereocenters. The molecule has 2 bridgehead atoms. The van der Waals surface area contributed by atoms with E-state index in [1.54, 1.807) is 0 Å². The molecule has 0 N–H and O–H groups in total. The van der Waals surface area contributed by atoms with Crippen LogP contribution in [0.4, 0.5) is 0 Å². The highest BCUT2D eigenvalue weighted by Gasteiger charge is 2.60. The molecule has 6 atom stereocenters. The molecule has 5 rings (SSSR count). The van der Waals surface area contributed by atoms with Gasteiger partial charge in [-0.3, -0.25) is 9.59 Å². The van der Waals surface area contributed by atoms with Crippen molar-refractivity contribution >= 4 is 11.6 Å². The van der Waals surface area contributed by atoms with Crippen LogP contribution in [0.2, 0.25) is 0 Å². The van der Waals surface area contributed by atoms with Crippen LogP contribution in [-0.4, -0.2) is 24.3 Å². The Morgan fingerprint density at radius 3 is 2.91 bits per heavy atom. The lowest BCUT2D eigenvalue weighted by atomic mass is 9.47. The molecule has 0 amide bonds. The maximum atomic E-state index is 12.4. The molecular weight excluding hydrogens is 288 g/mol. The molecule has 1 saturated heterocycles. The van der Waals surface area contributed by atoms with Crippen LogP contribution >= 0.6 is 0 Å². The summed E-state index contributed by atoms with van der Waals surface area (Å²) in [7, 11) is 0. The first-order valence-electron chi connectivity index (χ1n) is 9.14. The first-order valence-corrected chi connectivity index (χ1v) is 9.14. The molecule has 1 spiro atoms. The van der Waals surface area contributed by atoms with Gasteiger partial charge < -0.3 is 4.74 Å². The zero-order valence-electron chi connectivity index (χ0n) is 13.7. The van der Waals surface area contributed by atoms with Crippen molar-refractivity contribution < 1.29 is 14.3 Å². The number of hydrogen-bond donors (Lipinski definition) is 0. The molecule has 4 aliphatic carbocycles. The molecule has 0 aromatic carbocycles. The normalized spacial score (nSPS) is 50.9. The fourth-order valence-corrected chi connectivity index (χ4v) is 6.57. The van der Waals surface area contributed by atoms with Crippen molar-refractivity contribution in [3.05, 3.63) is 23.8 Å². The molecule has 2 saturated carbocycles. The minimum Gasteiger partial charge on any atom is -0.370 e. The Morgan fingerprint density at radius 2 is 2.04 bits per heavy atom. The van der Waals surface area contributed by atoms with Crippen molar-refractivity contribution in [3.8, 4) is 0 Å². The number of Topliss-reactive ketones (excluding diaryl/α,β-unsaturated/α-hetero) is 1. The number of fused-ring (bicyclic) bond motifs is 4. The Labute approximate surface area is 137 Å². The summed E-state index contributed by atoms with van der Waals surface area (Å²) in [5.41, 5.74) is 1.28. The van der Waals surface area contributed by atoms with Crippen LogP contribution in [0.1, 0.15) is 45.4 Å². The van der Waals surface area contributed by atoms with Crippen LogP contribution in [-0.2, 0) is 14.3 Å². The fraction of sp³-hybridized carbons (Fsp3) is 0.700. The lowest BCUT2D eigenvalue weighted by Crippen LogP contribution is -2.54. The van der Waals surface area contributed by atoms with Crippen LogP contribution in [0.25, 0.3) is 0 Å². The minimum absolute atomic E-state index is 0.0988. The van der Waals surface area contributed by atoms with E-state index >= 15 is 0 Å². The molecule has 3 fully saturated rings. The van der Waals surface area contributed by atoms with Gasteiger partial charge in [-0.1, -0.05) is 19.1 Å². The third-order valence-electron chi connectivity index (χ3n) is 7.86. The number of allylic oxidation sites excluding steroid dienone is 3. The lowest BCUT2D eigenvalue weighted by molar-refractivity contribution is -0.143. The third-order valence-corrected chi connectivity index (χ3v) is 7.86. The van der Waals surface area contributed by atoms with E-state index in [1.165, 1.54) is 5.57 Å². The molecule has 5 aliphatic rings. The predicted octanol–water partition coefficient (Wildman–Crippen LogP) is 3.24. The molecule has 0 aromatic heterocycles. The van der Waals surface area contributed by atoms with E-state index in [1.807, 2.05) is 6.08 Å². The van der Waals surface area contributed by atoms with Gasteiger partial charge in [-0.25, -0.2) is 0 Å². The summed E-state index contributed by atoms with van der Waals surface area (Å²) in [5, 5.41) is 0. The average Bonchev–Trinajstić information content (AvgIpc) is 2.85. The van der Waals surface area contributed by atoms with E-state index in [-0.39, 0.29) is 22.7 Å². The second-order valence-electron chi connectivity index (χ2n) is 8.54. The summed E-state index contributed by atoms with van der Waals surface area (Å²) in [5.74, 6) is 2.22. The number of ether oxygens (including phenoxy) is 1. The molecule has 3 nitrogen and oxygen atoms in total. The summed E-state index contributed by atoms with van der Waals surface area (Å²) < 4.78 is 5.74. The Balaban J connectivity index is 1.61. The van der Waals surface area contributed by atoms with Gasteiger partial charge in [-0.05, 0) is 61.5 Å². The number of carbonyl (C=O) groups is 2. The van der Waals surface area contributed by atoms with Crippen LogP contribution in [0.5, 0.6) is 0 Å². The lowest BCUT2D eigenvalue weighted by Gasteiger charge is -2.57. The van der Waals surface area contributed by atoms with E-state index in [9.17, 15) is 9.59 Å². The summed E-state index contributed by atoms with van der Waals surface area (Å²) in [6.07, 6.45) is 12.0. The summed E-state index contributed by atoms with van der Waals surface area (Å²) in [4.78, 5) is 24.7. The minimum atomic E-state index is -0.224. The molecule has 3 heteroatoms. The second kappa shape index (κ2) is 4.44. The van der Waals surface area contributed by atoms with Gasteiger partial charge >= 0.3 is 0 Å². The van der Waals surface area contributed by atoms with Gasteiger partial charge in [0.15, 0.2) is 5.78 Å². The summed E-state index contributed by atoms with van der Waals surface area (Å²) in [6.45, 7) is 2.91. The van der Waals surface area contributed by atoms with Crippen LogP contribution in [0, 0.1) is 28.6 Å². The predicted molar refractivity (Wildman–Crippen MR) is 85.7 cm³/mol. The zero-order chi connectivity index (χ0) is 15.8. The largest absolute Gasteiger partial charge is 0.370 e. The monoisotopic (exact) mass is 312 g/mol. The molecule has 0 aromatic rings. The quantitative estimate of drug-likeness (QED) is 0.689. The van der Waals surface area contributed by atoms with Gasteiger partial charge in [-0.2, -0.15) is 0 Å². The Kier molecular flexibility index (Phi) is 2.73. The van der Waals surface area contributed by atoms with Crippen LogP contribution in [0.3, 0.4) is 0 Å². The van der Waals surface area contributed by atoms with Gasteiger partial charge in [-0.15, -0.1) is 0 Å².